The van der Waals surface area contributed by atoms with Gasteiger partial charge in [-0.15, -0.1) is 0 Å². The summed E-state index contributed by atoms with van der Waals surface area (Å²) in [7, 11) is 1.25. The monoisotopic (exact) mass is 214 g/mol. The molecule has 0 bridgehead atoms. The molecule has 86 valence electrons. The van der Waals surface area contributed by atoms with E-state index in [1.54, 1.807) is 0 Å². The molecule has 5 nitrogen and oxygen atoms in total. The van der Waals surface area contributed by atoms with Crippen molar-refractivity contribution in [1.29, 1.82) is 0 Å². The van der Waals surface area contributed by atoms with Gasteiger partial charge in [0.25, 0.3) is 0 Å². The topological polar surface area (TPSA) is 70.9 Å². The molecule has 2 unspecified atom stereocenters. The normalized spacial score (nSPS) is 30.3. The SMILES string of the molecule is C=NC1(C(C)(O)C(=O)OC)CCCCN1. The van der Waals surface area contributed by atoms with Gasteiger partial charge in [-0.2, -0.15) is 0 Å². The Labute approximate surface area is 89.5 Å². The third-order valence-electron chi connectivity index (χ3n) is 3.04. The van der Waals surface area contributed by atoms with Crippen LogP contribution in [0, 0.1) is 0 Å². The number of methoxy groups -OCH3 is 1. The second-order valence-corrected chi connectivity index (χ2v) is 3.97. The first-order valence-electron chi connectivity index (χ1n) is 5.04. The summed E-state index contributed by atoms with van der Waals surface area (Å²) >= 11 is 0. The van der Waals surface area contributed by atoms with Gasteiger partial charge in [-0.05, 0) is 39.4 Å². The predicted molar refractivity (Wildman–Crippen MR) is 56.8 cm³/mol. The van der Waals surface area contributed by atoms with E-state index in [1.807, 2.05) is 0 Å². The number of carbonyl (C=O) groups excluding carboxylic acids is 1. The summed E-state index contributed by atoms with van der Waals surface area (Å²) in [5.41, 5.74) is -2.69. The van der Waals surface area contributed by atoms with Crippen molar-refractivity contribution in [1.82, 2.24) is 5.32 Å². The van der Waals surface area contributed by atoms with E-state index in [0.29, 0.717) is 13.0 Å². The number of esters is 1. The average Bonchev–Trinajstić information content (AvgIpc) is 2.28. The summed E-state index contributed by atoms with van der Waals surface area (Å²) in [4.78, 5) is 15.4. The van der Waals surface area contributed by atoms with Crippen molar-refractivity contribution in [3.05, 3.63) is 0 Å². The van der Waals surface area contributed by atoms with Crippen molar-refractivity contribution < 1.29 is 14.6 Å². The zero-order chi connectivity index (χ0) is 11.5. The van der Waals surface area contributed by atoms with Crippen LogP contribution in [0.15, 0.2) is 4.99 Å². The Morgan fingerprint density at radius 2 is 2.33 bits per heavy atom. The fourth-order valence-corrected chi connectivity index (χ4v) is 1.96. The molecule has 0 aromatic carbocycles. The molecule has 1 aliphatic heterocycles. The molecule has 0 spiro atoms. The first-order chi connectivity index (χ1) is 7.00. The molecule has 1 fully saturated rings. The number of piperidine rings is 1. The van der Waals surface area contributed by atoms with Crippen molar-refractivity contribution in [2.45, 2.75) is 37.5 Å². The van der Waals surface area contributed by atoms with Crippen LogP contribution in [0.5, 0.6) is 0 Å². The van der Waals surface area contributed by atoms with E-state index < -0.39 is 17.2 Å². The lowest BCUT2D eigenvalue weighted by atomic mass is 9.82. The van der Waals surface area contributed by atoms with Gasteiger partial charge in [-0.1, -0.05) is 0 Å². The maximum Gasteiger partial charge on any atom is 0.341 e. The van der Waals surface area contributed by atoms with Gasteiger partial charge < -0.3 is 9.84 Å². The quantitative estimate of drug-likeness (QED) is 0.515. The minimum Gasteiger partial charge on any atom is -0.467 e. The molecule has 0 saturated carbocycles. The van der Waals surface area contributed by atoms with Crippen molar-refractivity contribution >= 4 is 12.7 Å². The van der Waals surface area contributed by atoms with Gasteiger partial charge in [0.15, 0.2) is 5.60 Å². The second-order valence-electron chi connectivity index (χ2n) is 3.97. The third kappa shape index (κ3) is 1.89. The molecule has 1 heterocycles. The fraction of sp³-hybridized carbons (Fsp3) is 0.800. The summed E-state index contributed by atoms with van der Waals surface area (Å²) in [6.07, 6.45) is 2.49. The standard InChI is InChI=1S/C10H18N2O3/c1-9(14,8(13)15-3)10(11-2)6-4-5-7-12-10/h12,14H,2,4-7H2,1,3H3. The molecule has 1 saturated heterocycles. The minimum absolute atomic E-state index is 0.582. The summed E-state index contributed by atoms with van der Waals surface area (Å²) in [5, 5.41) is 13.2. The predicted octanol–water partition coefficient (Wildman–Crippen LogP) is 0.0808. The maximum absolute atomic E-state index is 11.5. The zero-order valence-corrected chi connectivity index (χ0v) is 9.25. The van der Waals surface area contributed by atoms with E-state index in [1.165, 1.54) is 14.0 Å². The van der Waals surface area contributed by atoms with Crippen molar-refractivity contribution in [2.75, 3.05) is 13.7 Å². The number of nitrogens with one attached hydrogen (secondary N) is 1. The van der Waals surface area contributed by atoms with E-state index in [2.05, 4.69) is 21.8 Å². The lowest BCUT2D eigenvalue weighted by Gasteiger charge is -2.43. The molecule has 0 radical (unpaired) electrons. The van der Waals surface area contributed by atoms with Gasteiger partial charge >= 0.3 is 5.97 Å². The summed E-state index contributed by atoms with van der Waals surface area (Å²) in [6, 6.07) is 0. The second kappa shape index (κ2) is 4.28. The van der Waals surface area contributed by atoms with E-state index >= 15 is 0 Å². The van der Waals surface area contributed by atoms with Gasteiger partial charge in [-0.3, -0.25) is 10.3 Å². The highest BCUT2D eigenvalue weighted by Crippen LogP contribution is 2.32. The van der Waals surface area contributed by atoms with Crippen LogP contribution in [0.4, 0.5) is 0 Å². The highest BCUT2D eigenvalue weighted by molar-refractivity contribution is 5.80. The van der Waals surface area contributed by atoms with Crippen LogP contribution < -0.4 is 5.32 Å². The van der Waals surface area contributed by atoms with E-state index in [0.717, 1.165) is 12.8 Å². The van der Waals surface area contributed by atoms with Crippen LogP contribution in [0.1, 0.15) is 26.2 Å². The Kier molecular flexibility index (Phi) is 3.46. The van der Waals surface area contributed by atoms with Crippen LogP contribution in [-0.2, 0) is 9.53 Å². The molecule has 0 aliphatic carbocycles. The van der Waals surface area contributed by atoms with Crippen LogP contribution in [-0.4, -0.2) is 42.7 Å². The molecule has 5 heteroatoms. The lowest BCUT2D eigenvalue weighted by molar-refractivity contribution is -0.171. The smallest absolute Gasteiger partial charge is 0.341 e. The Balaban J connectivity index is 2.97. The van der Waals surface area contributed by atoms with Gasteiger partial charge in [0.1, 0.15) is 5.66 Å². The fourth-order valence-electron chi connectivity index (χ4n) is 1.96. The van der Waals surface area contributed by atoms with E-state index in [9.17, 15) is 9.90 Å². The number of hydrogen-bond acceptors (Lipinski definition) is 5. The van der Waals surface area contributed by atoms with Gasteiger partial charge in [0, 0.05) is 0 Å². The Morgan fingerprint density at radius 1 is 1.67 bits per heavy atom. The van der Waals surface area contributed by atoms with Crippen LogP contribution in [0.2, 0.25) is 0 Å². The van der Waals surface area contributed by atoms with E-state index in [4.69, 9.17) is 0 Å². The number of aliphatic imine (C=N–C) groups is 1. The molecular formula is C10H18N2O3. The van der Waals surface area contributed by atoms with Crippen molar-refractivity contribution in [3.63, 3.8) is 0 Å². The van der Waals surface area contributed by atoms with Crippen LogP contribution in [0.3, 0.4) is 0 Å². The first-order valence-corrected chi connectivity index (χ1v) is 5.04. The average molecular weight is 214 g/mol. The minimum atomic E-state index is -1.68. The van der Waals surface area contributed by atoms with Crippen LogP contribution in [0.25, 0.3) is 0 Å². The number of carbonyl (C=O) groups is 1. The Morgan fingerprint density at radius 3 is 2.73 bits per heavy atom. The van der Waals surface area contributed by atoms with E-state index in [-0.39, 0.29) is 0 Å². The molecule has 0 aromatic heterocycles. The Bertz CT molecular complexity index is 257. The van der Waals surface area contributed by atoms with Crippen molar-refractivity contribution in [3.8, 4) is 0 Å². The summed E-state index contributed by atoms with van der Waals surface area (Å²) in [5.74, 6) is -0.690. The maximum atomic E-state index is 11.5. The van der Waals surface area contributed by atoms with Gasteiger partial charge in [0.05, 0.1) is 7.11 Å². The summed E-state index contributed by atoms with van der Waals surface area (Å²) < 4.78 is 4.58. The van der Waals surface area contributed by atoms with Gasteiger partial charge in [-0.25, -0.2) is 4.79 Å². The molecule has 0 amide bonds. The highest BCUT2D eigenvalue weighted by atomic mass is 16.5. The summed E-state index contributed by atoms with van der Waals surface area (Å²) in [6.45, 7) is 5.58. The molecule has 0 aromatic rings. The lowest BCUT2D eigenvalue weighted by Crippen LogP contribution is -2.65. The third-order valence-corrected chi connectivity index (χ3v) is 3.04. The van der Waals surface area contributed by atoms with Gasteiger partial charge in [0.2, 0.25) is 0 Å². The highest BCUT2D eigenvalue weighted by Gasteiger charge is 2.53. The van der Waals surface area contributed by atoms with Crippen LogP contribution >= 0.6 is 0 Å². The molecule has 1 rings (SSSR count). The number of nitrogens with zero attached hydrogens (tertiary/aromatic N) is 1. The molecular weight excluding hydrogens is 196 g/mol. The number of aliphatic hydroxyl groups is 1. The number of ether oxygens (including phenoxy) is 1. The molecule has 2 atom stereocenters. The molecule has 15 heavy (non-hydrogen) atoms. The Hall–Kier alpha value is -0.940. The molecule has 1 aliphatic rings. The number of rotatable bonds is 3. The largest absolute Gasteiger partial charge is 0.467 e. The van der Waals surface area contributed by atoms with Crippen molar-refractivity contribution in [2.24, 2.45) is 4.99 Å². The first kappa shape index (κ1) is 12.1. The zero-order valence-electron chi connectivity index (χ0n) is 9.25. The number of hydrogen-bond donors (Lipinski definition) is 2. The molecule has 2 N–H and O–H groups in total.